The number of methoxy groups -OCH3 is 1. The zero-order chi connectivity index (χ0) is 20.4. The number of nitrogens with one attached hydrogen (secondary N) is 1. The molecule has 154 valence electrons. The molecule has 1 saturated heterocycles. The van der Waals surface area contributed by atoms with E-state index in [-0.39, 0.29) is 11.8 Å². The van der Waals surface area contributed by atoms with Crippen molar-refractivity contribution >= 4 is 28.8 Å². The van der Waals surface area contributed by atoms with Gasteiger partial charge >= 0.3 is 0 Å². The van der Waals surface area contributed by atoms with E-state index >= 15 is 0 Å². The number of carbonyl (C=O) groups is 2. The van der Waals surface area contributed by atoms with Gasteiger partial charge in [0, 0.05) is 42.0 Å². The van der Waals surface area contributed by atoms with Crippen molar-refractivity contribution in [2.75, 3.05) is 45.7 Å². The molecule has 7 heteroatoms. The Bertz CT molecular complexity index is 916. The number of hydrogen-bond donors (Lipinski definition) is 1. The summed E-state index contributed by atoms with van der Waals surface area (Å²) < 4.78 is 5.43. The van der Waals surface area contributed by atoms with Crippen molar-refractivity contribution < 1.29 is 14.3 Å². The molecule has 2 heterocycles. The minimum absolute atomic E-state index is 0.0100. The number of nitrogens with zero attached hydrogens (tertiary/aromatic N) is 2. The van der Waals surface area contributed by atoms with Crippen LogP contribution in [0.5, 0.6) is 5.75 Å². The molecule has 0 bridgehead atoms. The summed E-state index contributed by atoms with van der Waals surface area (Å²) in [5, 5.41) is 4.94. The number of rotatable bonds is 4. The molecule has 0 radical (unpaired) electrons. The third-order valence-electron chi connectivity index (χ3n) is 5.79. The van der Waals surface area contributed by atoms with Gasteiger partial charge in [-0.15, -0.1) is 11.3 Å². The summed E-state index contributed by atoms with van der Waals surface area (Å²) in [6.45, 7) is 3.16. The van der Waals surface area contributed by atoms with Gasteiger partial charge in [-0.25, -0.2) is 0 Å². The lowest BCUT2D eigenvalue weighted by molar-refractivity contribution is 0.0664. The normalized spacial score (nSPS) is 17.0. The Kier molecular flexibility index (Phi) is 5.87. The number of carbonyl (C=O) groups excluding carboxylic acids is 2. The summed E-state index contributed by atoms with van der Waals surface area (Å²) >= 11 is 1.67. The third kappa shape index (κ3) is 4.16. The lowest BCUT2D eigenvalue weighted by atomic mass is 9.95. The first-order chi connectivity index (χ1) is 14.1. The first kappa shape index (κ1) is 19.9. The second-order valence-corrected chi connectivity index (χ2v) is 8.69. The molecule has 0 spiro atoms. The van der Waals surface area contributed by atoms with Crippen LogP contribution in [-0.4, -0.2) is 62.0 Å². The molecular weight excluding hydrogens is 386 g/mol. The van der Waals surface area contributed by atoms with Crippen molar-refractivity contribution in [1.29, 1.82) is 0 Å². The van der Waals surface area contributed by atoms with E-state index in [0.29, 0.717) is 30.1 Å². The van der Waals surface area contributed by atoms with Gasteiger partial charge in [-0.2, -0.15) is 0 Å². The van der Waals surface area contributed by atoms with Crippen LogP contribution in [0.15, 0.2) is 23.6 Å². The molecule has 4 rings (SSSR count). The minimum atomic E-state index is -0.133. The van der Waals surface area contributed by atoms with Crippen LogP contribution in [0, 0.1) is 0 Å². The molecule has 1 aliphatic carbocycles. The van der Waals surface area contributed by atoms with Gasteiger partial charge in [0.25, 0.3) is 11.8 Å². The molecule has 1 N–H and O–H groups in total. The Morgan fingerprint density at radius 3 is 2.62 bits per heavy atom. The zero-order valence-electron chi connectivity index (χ0n) is 17.0. The highest BCUT2D eigenvalue weighted by molar-refractivity contribution is 7.10. The largest absolute Gasteiger partial charge is 0.495 e. The topological polar surface area (TPSA) is 61.9 Å². The summed E-state index contributed by atoms with van der Waals surface area (Å²) in [4.78, 5) is 31.3. The van der Waals surface area contributed by atoms with Crippen LogP contribution in [0.2, 0.25) is 0 Å². The first-order valence-electron chi connectivity index (χ1n) is 10.1. The molecule has 1 aromatic heterocycles. The first-order valence-corrected chi connectivity index (χ1v) is 11.0. The number of amides is 2. The Morgan fingerprint density at radius 2 is 1.86 bits per heavy atom. The quantitative estimate of drug-likeness (QED) is 0.836. The molecule has 0 saturated carbocycles. The standard InChI is InChI=1S/C22H27N3O3S/c1-24-9-11-25(12-10-24)22(27)15-7-8-19(28-2)18(13-15)23-21(26)17-14-29-20-6-4-3-5-16(17)20/h7-8,13-14H,3-6,9-12H2,1-2H3,(H,23,26). The third-order valence-corrected chi connectivity index (χ3v) is 6.88. The number of likely N-dealkylation sites (N-methyl/N-ethyl adjacent to an activating group) is 1. The smallest absolute Gasteiger partial charge is 0.256 e. The van der Waals surface area contributed by atoms with Crippen LogP contribution >= 0.6 is 11.3 Å². The Hall–Kier alpha value is -2.38. The summed E-state index contributed by atoms with van der Waals surface area (Å²) in [5.41, 5.74) is 3.04. The van der Waals surface area contributed by atoms with E-state index < -0.39 is 0 Å². The average Bonchev–Trinajstić information content (AvgIpc) is 3.18. The highest BCUT2D eigenvalue weighted by Gasteiger charge is 2.23. The number of benzene rings is 1. The molecule has 1 aliphatic heterocycles. The molecule has 6 nitrogen and oxygen atoms in total. The maximum atomic E-state index is 13.0. The van der Waals surface area contributed by atoms with Crippen LogP contribution < -0.4 is 10.1 Å². The van der Waals surface area contributed by atoms with Crippen LogP contribution in [-0.2, 0) is 12.8 Å². The Morgan fingerprint density at radius 1 is 1.10 bits per heavy atom. The number of fused-ring (bicyclic) bond motifs is 1. The summed E-state index contributed by atoms with van der Waals surface area (Å²) in [5.74, 6) is 0.411. The van der Waals surface area contributed by atoms with Gasteiger partial charge in [-0.05, 0) is 56.5 Å². The van der Waals surface area contributed by atoms with Gasteiger partial charge in [0.05, 0.1) is 18.4 Å². The summed E-state index contributed by atoms with van der Waals surface area (Å²) in [6.07, 6.45) is 4.34. The number of hydrogen-bond acceptors (Lipinski definition) is 5. The van der Waals surface area contributed by atoms with Crippen LogP contribution in [0.1, 0.15) is 44.0 Å². The molecule has 2 amide bonds. The molecule has 29 heavy (non-hydrogen) atoms. The number of ether oxygens (including phenoxy) is 1. The van der Waals surface area contributed by atoms with Crippen LogP contribution in [0.4, 0.5) is 5.69 Å². The van der Waals surface area contributed by atoms with Crippen molar-refractivity contribution in [3.63, 3.8) is 0 Å². The van der Waals surface area contributed by atoms with Gasteiger partial charge in [0.15, 0.2) is 0 Å². The fraction of sp³-hybridized carbons (Fsp3) is 0.455. The van der Waals surface area contributed by atoms with E-state index in [1.165, 1.54) is 16.9 Å². The molecule has 1 fully saturated rings. The summed E-state index contributed by atoms with van der Waals surface area (Å²) in [7, 11) is 3.63. The maximum absolute atomic E-state index is 13.0. The number of aryl methyl sites for hydroxylation is 1. The SMILES string of the molecule is COc1ccc(C(=O)N2CCN(C)CC2)cc1NC(=O)c1csc2c1CCCC2. The molecular formula is C22H27N3O3S. The van der Waals surface area contributed by atoms with E-state index in [4.69, 9.17) is 4.74 Å². The van der Waals surface area contributed by atoms with Crippen molar-refractivity contribution in [3.8, 4) is 5.75 Å². The van der Waals surface area contributed by atoms with Crippen molar-refractivity contribution in [2.45, 2.75) is 25.7 Å². The Balaban J connectivity index is 1.55. The van der Waals surface area contributed by atoms with Crippen LogP contribution in [0.25, 0.3) is 0 Å². The van der Waals surface area contributed by atoms with Crippen molar-refractivity contribution in [1.82, 2.24) is 9.80 Å². The number of thiophene rings is 1. The second kappa shape index (κ2) is 8.55. The highest BCUT2D eigenvalue weighted by Crippen LogP contribution is 2.32. The fourth-order valence-corrected chi connectivity index (χ4v) is 5.13. The van der Waals surface area contributed by atoms with E-state index in [9.17, 15) is 9.59 Å². The van der Waals surface area contributed by atoms with Gasteiger partial charge < -0.3 is 19.9 Å². The predicted molar refractivity (Wildman–Crippen MR) is 115 cm³/mol. The van der Waals surface area contributed by atoms with Gasteiger partial charge in [-0.1, -0.05) is 0 Å². The highest BCUT2D eigenvalue weighted by atomic mass is 32.1. The average molecular weight is 414 g/mol. The fourth-order valence-electron chi connectivity index (χ4n) is 4.00. The lowest BCUT2D eigenvalue weighted by Gasteiger charge is -2.32. The number of anilines is 1. The molecule has 0 unspecified atom stereocenters. The molecule has 2 aliphatic rings. The van der Waals surface area contributed by atoms with E-state index in [2.05, 4.69) is 17.3 Å². The maximum Gasteiger partial charge on any atom is 0.256 e. The second-order valence-electron chi connectivity index (χ2n) is 7.72. The molecule has 1 aromatic carbocycles. The minimum Gasteiger partial charge on any atom is -0.495 e. The van der Waals surface area contributed by atoms with E-state index in [1.54, 1.807) is 36.6 Å². The predicted octanol–water partition coefficient (Wildman–Crippen LogP) is 3.28. The van der Waals surface area contributed by atoms with Gasteiger partial charge in [-0.3, -0.25) is 9.59 Å². The van der Waals surface area contributed by atoms with E-state index in [1.807, 2.05) is 10.3 Å². The monoisotopic (exact) mass is 413 g/mol. The van der Waals surface area contributed by atoms with Gasteiger partial charge in [0.1, 0.15) is 5.75 Å². The van der Waals surface area contributed by atoms with Crippen LogP contribution in [0.3, 0.4) is 0 Å². The van der Waals surface area contributed by atoms with E-state index in [0.717, 1.165) is 37.9 Å². The lowest BCUT2D eigenvalue weighted by Crippen LogP contribution is -2.47. The molecule has 0 atom stereocenters. The van der Waals surface area contributed by atoms with Crippen molar-refractivity contribution in [3.05, 3.63) is 45.1 Å². The number of piperazine rings is 1. The Labute approximate surface area is 175 Å². The molecule has 2 aromatic rings. The summed E-state index contributed by atoms with van der Waals surface area (Å²) in [6, 6.07) is 5.25. The van der Waals surface area contributed by atoms with Gasteiger partial charge in [0.2, 0.25) is 0 Å². The zero-order valence-corrected chi connectivity index (χ0v) is 17.8. The van der Waals surface area contributed by atoms with Crippen molar-refractivity contribution in [2.24, 2.45) is 0 Å².